The first-order chi connectivity index (χ1) is 31.5. The average Bonchev–Trinajstić information content (AvgIpc) is 3.73. The molecule has 0 aliphatic carbocycles. The summed E-state index contributed by atoms with van der Waals surface area (Å²) in [5, 5.41) is 7.82. The van der Waals surface area contributed by atoms with E-state index in [1.165, 1.54) is 0 Å². The molecular formula is C54H35NO. The maximum atomic E-state index is 9.68. The molecule has 0 spiro atoms. The van der Waals surface area contributed by atoms with Gasteiger partial charge in [-0.25, -0.2) is 0 Å². The molecule has 1 aromatic heterocycles. The monoisotopic (exact) mass is 722 g/mol. The van der Waals surface area contributed by atoms with Crippen LogP contribution in [0.25, 0.3) is 87.6 Å². The third-order valence-corrected chi connectivity index (χ3v) is 10.6. The Morgan fingerprint density at radius 2 is 1.05 bits per heavy atom. The van der Waals surface area contributed by atoms with Gasteiger partial charge in [-0.3, -0.25) is 0 Å². The van der Waals surface area contributed by atoms with E-state index in [9.17, 15) is 5.48 Å². The van der Waals surface area contributed by atoms with Crippen molar-refractivity contribution in [1.82, 2.24) is 0 Å². The number of hydrogen-bond acceptors (Lipinski definition) is 2. The Kier molecular flexibility index (Phi) is 5.66. The van der Waals surface area contributed by atoms with Crippen LogP contribution in [0.1, 0.15) is 12.3 Å². The summed E-state index contributed by atoms with van der Waals surface area (Å²) in [4.78, 5) is 1.65. The van der Waals surface area contributed by atoms with Crippen LogP contribution < -0.4 is 4.90 Å². The molecule has 0 bridgehead atoms. The molecule has 2 heteroatoms. The molecule has 10 aromatic carbocycles. The Balaban J connectivity index is 1.11. The highest BCUT2D eigenvalue weighted by molar-refractivity contribution is 6.19. The second-order valence-corrected chi connectivity index (χ2v) is 13.8. The highest BCUT2D eigenvalue weighted by atomic mass is 16.3. The van der Waals surface area contributed by atoms with Crippen molar-refractivity contribution in [3.05, 3.63) is 212 Å². The van der Waals surface area contributed by atoms with Gasteiger partial charge in [0, 0.05) is 27.8 Å². The molecule has 0 unspecified atom stereocenters. The lowest BCUT2D eigenvalue weighted by molar-refractivity contribution is 0.669. The molecule has 0 aliphatic heterocycles. The Hall–Kier alpha value is -7.42. The first kappa shape index (κ1) is 24.1. The van der Waals surface area contributed by atoms with Crippen molar-refractivity contribution < 1.29 is 16.8 Å². The fourth-order valence-electron chi connectivity index (χ4n) is 7.94. The molecule has 0 saturated carbocycles. The van der Waals surface area contributed by atoms with Crippen LogP contribution in [0, 0.1) is 0 Å². The third-order valence-electron chi connectivity index (χ3n) is 10.6. The molecular weight excluding hydrogens is 679 g/mol. The van der Waals surface area contributed by atoms with E-state index in [1.807, 2.05) is 103 Å². The molecule has 0 fully saturated rings. The molecule has 0 atom stereocenters. The molecule has 11 aromatic rings. The van der Waals surface area contributed by atoms with Gasteiger partial charge in [-0.2, -0.15) is 0 Å². The van der Waals surface area contributed by atoms with Crippen LogP contribution >= 0.6 is 0 Å². The molecule has 0 N–H and O–H groups in total. The van der Waals surface area contributed by atoms with E-state index < -0.39 is 18.1 Å². The summed E-state index contributed by atoms with van der Waals surface area (Å²) in [7, 11) is 0. The second kappa shape index (κ2) is 13.2. The van der Waals surface area contributed by atoms with Crippen LogP contribution in [0.5, 0.6) is 0 Å². The van der Waals surface area contributed by atoms with Gasteiger partial charge in [-0.1, -0.05) is 151 Å². The minimum atomic E-state index is -0.501. The lowest BCUT2D eigenvalue weighted by atomic mass is 9.93. The lowest BCUT2D eigenvalue weighted by Crippen LogP contribution is -2.10. The van der Waals surface area contributed by atoms with Crippen LogP contribution in [-0.2, 0) is 0 Å². The summed E-state index contributed by atoms with van der Waals surface area (Å²) in [5.74, 6) is 0. The second-order valence-electron chi connectivity index (χ2n) is 13.8. The van der Waals surface area contributed by atoms with E-state index in [0.29, 0.717) is 22.5 Å². The molecule has 0 aliphatic rings. The third kappa shape index (κ3) is 5.42. The van der Waals surface area contributed by atoms with Crippen LogP contribution in [0.2, 0.25) is 0 Å². The van der Waals surface area contributed by atoms with E-state index in [1.54, 1.807) is 29.2 Å². The van der Waals surface area contributed by atoms with E-state index in [0.717, 1.165) is 65.4 Å². The van der Waals surface area contributed by atoms with Crippen molar-refractivity contribution in [2.75, 3.05) is 4.90 Å². The topological polar surface area (TPSA) is 16.4 Å². The van der Waals surface area contributed by atoms with Crippen LogP contribution in [0.15, 0.2) is 217 Å². The van der Waals surface area contributed by atoms with Crippen molar-refractivity contribution in [3.63, 3.8) is 0 Å². The summed E-state index contributed by atoms with van der Waals surface area (Å²) in [5.41, 5.74) is 5.43. The van der Waals surface area contributed by atoms with Gasteiger partial charge in [0.25, 0.3) is 0 Å². The zero-order valence-corrected chi connectivity index (χ0v) is 29.9. The number of para-hydroxylation sites is 1. The molecule has 0 saturated heterocycles. The van der Waals surface area contributed by atoms with Crippen molar-refractivity contribution in [1.29, 1.82) is 0 Å². The number of hydrogen-bond donors (Lipinski definition) is 0. The Labute approximate surface area is 337 Å². The quantitative estimate of drug-likeness (QED) is 0.159. The van der Waals surface area contributed by atoms with Crippen molar-refractivity contribution >= 4 is 71.3 Å². The first-order valence-corrected chi connectivity index (χ1v) is 18.4. The molecule has 262 valence electrons. The highest BCUT2D eigenvalue weighted by Crippen LogP contribution is 2.41. The fraction of sp³-hybridized carbons (Fsp3) is 0. The van der Waals surface area contributed by atoms with Gasteiger partial charge >= 0.3 is 0 Å². The van der Waals surface area contributed by atoms with Gasteiger partial charge in [0.15, 0.2) is 0 Å². The molecule has 56 heavy (non-hydrogen) atoms. The molecule has 0 amide bonds. The minimum Gasteiger partial charge on any atom is -0.456 e. The largest absolute Gasteiger partial charge is 0.456 e. The number of rotatable bonds is 6. The van der Waals surface area contributed by atoms with E-state index in [2.05, 4.69) is 30.3 Å². The Morgan fingerprint density at radius 3 is 1.89 bits per heavy atom. The Bertz CT molecular complexity index is 3730. The van der Waals surface area contributed by atoms with Crippen LogP contribution in [0.4, 0.5) is 17.1 Å². The zero-order chi connectivity index (χ0) is 44.8. The average molecular weight is 723 g/mol. The van der Waals surface area contributed by atoms with Crippen LogP contribution in [0.3, 0.4) is 0 Å². The van der Waals surface area contributed by atoms with E-state index in [-0.39, 0.29) is 53.1 Å². The summed E-state index contributed by atoms with van der Waals surface area (Å²) in [6.45, 7) is 0. The van der Waals surface area contributed by atoms with E-state index in [4.69, 9.17) is 11.3 Å². The maximum absolute atomic E-state index is 9.68. The molecule has 2 nitrogen and oxygen atoms in total. The predicted octanol–water partition coefficient (Wildman–Crippen LogP) is 15.5. The van der Waals surface area contributed by atoms with Crippen molar-refractivity contribution in [2.24, 2.45) is 0 Å². The number of fused-ring (bicyclic) bond motifs is 8. The summed E-state index contributed by atoms with van der Waals surface area (Å²) < 4.78 is 87.1. The number of anilines is 3. The smallest absolute Gasteiger partial charge is 0.136 e. The predicted molar refractivity (Wildman–Crippen MR) is 237 cm³/mol. The highest BCUT2D eigenvalue weighted by Gasteiger charge is 2.16. The SMILES string of the molecule is [2H]c1c([2H])c([2H])c(-c2cccc(N(c3ccc(-c4ccc5ccc6oc7ccccc7c6c5c4)cc3)c3c([2H])c([2H])c(-c4cc5ccccc5c5ccccc45)c([2H])c3[2H])c2)c([2H])c1[2H]. The van der Waals surface area contributed by atoms with Gasteiger partial charge in [-0.15, -0.1) is 0 Å². The normalized spacial score (nSPS) is 13.8. The van der Waals surface area contributed by atoms with Gasteiger partial charge in [0.05, 0.1) is 12.3 Å². The zero-order valence-electron chi connectivity index (χ0n) is 38.9. The first-order valence-electron chi connectivity index (χ1n) is 22.9. The number of nitrogens with zero attached hydrogens (tertiary/aromatic N) is 1. The van der Waals surface area contributed by atoms with Gasteiger partial charge in [0.1, 0.15) is 11.2 Å². The number of benzene rings is 10. The summed E-state index contributed by atoms with van der Waals surface area (Å²) in [6.07, 6.45) is 0. The van der Waals surface area contributed by atoms with Gasteiger partial charge in [-0.05, 0) is 126 Å². The maximum Gasteiger partial charge on any atom is 0.136 e. The minimum absolute atomic E-state index is 0.00189. The van der Waals surface area contributed by atoms with Crippen molar-refractivity contribution in [2.45, 2.75) is 0 Å². The molecule has 11 rings (SSSR count). The standard InChI is InChI=1S/C54H35NO/c1-2-11-36(12-3-1)40-14-10-15-45(33-40)55(44-30-25-38(26-31-44)50-35-42-13-4-5-16-46(42)47-17-6-7-18-48(47)50)43-28-23-37(24-29-43)41-22-21-39-27-32-53-54(51(39)34-41)49-19-8-9-20-52(49)56-53/h1-35H/i1D,2D,3D,11D,12D,25D,26D,30D,31D. The van der Waals surface area contributed by atoms with E-state index >= 15 is 0 Å². The lowest BCUT2D eigenvalue weighted by Gasteiger charge is -2.26. The van der Waals surface area contributed by atoms with Crippen molar-refractivity contribution in [3.8, 4) is 33.4 Å². The fourth-order valence-corrected chi connectivity index (χ4v) is 7.94. The molecule has 1 heterocycles. The van der Waals surface area contributed by atoms with Gasteiger partial charge < -0.3 is 9.32 Å². The van der Waals surface area contributed by atoms with Crippen LogP contribution in [-0.4, -0.2) is 0 Å². The number of furan rings is 1. The summed E-state index contributed by atoms with van der Waals surface area (Å²) >= 11 is 0. The summed E-state index contributed by atoms with van der Waals surface area (Å²) in [6, 6.07) is 47.1. The van der Waals surface area contributed by atoms with Gasteiger partial charge in [0.2, 0.25) is 0 Å². The Morgan fingerprint density at radius 1 is 0.357 bits per heavy atom. The molecule has 0 radical (unpaired) electrons.